The van der Waals surface area contributed by atoms with Crippen LogP contribution in [-0.2, 0) is 32.2 Å². The summed E-state index contributed by atoms with van der Waals surface area (Å²) in [6, 6.07) is 29.9. The number of esters is 1. The number of ether oxygens (including phenoxy) is 4. The quantitative estimate of drug-likeness (QED) is 0.131. The molecular weight excluding hydrogens is 568 g/mol. The van der Waals surface area contributed by atoms with Crippen molar-refractivity contribution in [1.29, 1.82) is 5.26 Å². The Kier molecular flexibility index (Phi) is 10.1. The van der Waals surface area contributed by atoms with E-state index in [-0.39, 0.29) is 11.7 Å². The van der Waals surface area contributed by atoms with E-state index in [0.29, 0.717) is 43.1 Å². The molecule has 0 N–H and O–H groups in total. The molecule has 0 radical (unpaired) electrons. The zero-order chi connectivity index (χ0) is 31.8. The van der Waals surface area contributed by atoms with Crippen LogP contribution in [-0.4, -0.2) is 28.8 Å². The van der Waals surface area contributed by atoms with Crippen molar-refractivity contribution in [1.82, 2.24) is 4.57 Å². The summed E-state index contributed by atoms with van der Waals surface area (Å²) >= 11 is 0. The molecule has 0 saturated heterocycles. The molecule has 3 aromatic carbocycles. The first-order chi connectivity index (χ1) is 21.7. The number of nitriles is 1. The van der Waals surface area contributed by atoms with Gasteiger partial charge in [-0.05, 0) is 67.6 Å². The Balaban J connectivity index is 1.42. The van der Waals surface area contributed by atoms with Gasteiger partial charge in [-0.15, -0.1) is 0 Å². The van der Waals surface area contributed by atoms with Crippen molar-refractivity contribution in [3.63, 3.8) is 0 Å². The second kappa shape index (κ2) is 14.4. The number of benzene rings is 3. The number of hydrogen-bond donors (Lipinski definition) is 0. The maximum absolute atomic E-state index is 13.9. The van der Waals surface area contributed by atoms with Crippen molar-refractivity contribution in [3.8, 4) is 11.8 Å². The monoisotopic (exact) mass is 606 g/mol. The average molecular weight is 607 g/mol. The van der Waals surface area contributed by atoms with Crippen molar-refractivity contribution >= 4 is 5.97 Å². The molecule has 2 heterocycles. The van der Waals surface area contributed by atoms with Crippen LogP contribution in [0.5, 0.6) is 5.75 Å². The van der Waals surface area contributed by atoms with Gasteiger partial charge < -0.3 is 23.5 Å². The van der Waals surface area contributed by atoms with Gasteiger partial charge in [0.05, 0.1) is 31.0 Å². The van der Waals surface area contributed by atoms with Crippen LogP contribution >= 0.6 is 0 Å². The number of nitrogens with zero attached hydrogens (tertiary/aromatic N) is 2. The van der Waals surface area contributed by atoms with Gasteiger partial charge in [-0.1, -0.05) is 60.7 Å². The Morgan fingerprint density at radius 2 is 1.67 bits per heavy atom. The molecule has 0 aliphatic carbocycles. The molecule has 8 heteroatoms. The van der Waals surface area contributed by atoms with Crippen LogP contribution in [0.2, 0.25) is 0 Å². The van der Waals surface area contributed by atoms with Gasteiger partial charge in [-0.2, -0.15) is 5.26 Å². The van der Waals surface area contributed by atoms with Crippen LogP contribution in [0, 0.1) is 11.3 Å². The zero-order valence-electron chi connectivity index (χ0n) is 25.8. The summed E-state index contributed by atoms with van der Waals surface area (Å²) in [5.41, 5.74) is 2.68. The molecule has 45 heavy (non-hydrogen) atoms. The lowest BCUT2D eigenvalue weighted by molar-refractivity contribution is -0.163. The predicted octanol–water partition coefficient (Wildman–Crippen LogP) is 6.67. The van der Waals surface area contributed by atoms with E-state index in [1.807, 2.05) is 80.6 Å². The van der Waals surface area contributed by atoms with Crippen molar-refractivity contribution in [2.45, 2.75) is 70.7 Å². The van der Waals surface area contributed by atoms with Gasteiger partial charge in [0, 0.05) is 31.4 Å². The topological polar surface area (TPSA) is 99.8 Å². The Morgan fingerprint density at radius 1 is 0.978 bits per heavy atom. The highest BCUT2D eigenvalue weighted by Gasteiger charge is 2.47. The Labute approximate surface area is 263 Å². The number of aromatic nitrogens is 1. The van der Waals surface area contributed by atoms with E-state index in [1.165, 1.54) is 6.92 Å². The van der Waals surface area contributed by atoms with Crippen LogP contribution in [0.4, 0.5) is 0 Å². The normalized spacial score (nSPS) is 17.4. The highest BCUT2D eigenvalue weighted by Crippen LogP contribution is 2.43. The standard InChI is InChI=1S/C37H38N2O6/c1-26(40)44-36-35(31-21-29(23-38)16-17-33(31)45-37(36,2)3)39-19-18-30(22-34(39)41)32(43-25-28-13-8-5-9-14-28)15-10-20-42-24-27-11-6-4-7-12-27/h4-9,11-14,16-19,21-22,32,35-36H,10,15,20,24-25H2,1-3H3/t32?,35-,36+/m1/s1. The summed E-state index contributed by atoms with van der Waals surface area (Å²) in [4.78, 5) is 26.1. The van der Waals surface area contributed by atoms with Gasteiger partial charge in [0.15, 0.2) is 6.10 Å². The number of carbonyl (C=O) groups is 1. The fraction of sp³-hybridized carbons (Fsp3) is 0.324. The SMILES string of the molecule is CC(=O)O[C@H]1[C@H](n2ccc(C(CCCOCc3ccccc3)OCc3ccccc3)cc2=O)c2cc(C#N)ccc2OC1(C)C. The van der Waals surface area contributed by atoms with Gasteiger partial charge in [0.25, 0.3) is 5.56 Å². The Bertz CT molecular complexity index is 1690. The van der Waals surface area contributed by atoms with E-state index in [9.17, 15) is 14.9 Å². The molecule has 0 saturated carbocycles. The van der Waals surface area contributed by atoms with Crippen molar-refractivity contribution in [2.75, 3.05) is 6.61 Å². The first-order valence-corrected chi connectivity index (χ1v) is 15.1. The lowest BCUT2D eigenvalue weighted by Gasteiger charge is -2.44. The molecule has 232 valence electrons. The number of carbonyl (C=O) groups excluding carboxylic acids is 1. The number of fused-ring (bicyclic) bond motifs is 1. The van der Waals surface area contributed by atoms with E-state index >= 15 is 0 Å². The van der Waals surface area contributed by atoms with E-state index in [0.717, 1.165) is 23.1 Å². The van der Waals surface area contributed by atoms with Gasteiger partial charge in [0.1, 0.15) is 17.4 Å². The summed E-state index contributed by atoms with van der Waals surface area (Å²) in [5, 5.41) is 9.59. The molecular formula is C37H38N2O6. The third kappa shape index (κ3) is 7.88. The second-order valence-corrected chi connectivity index (χ2v) is 11.7. The van der Waals surface area contributed by atoms with Gasteiger partial charge >= 0.3 is 5.97 Å². The third-order valence-corrected chi connectivity index (χ3v) is 7.90. The van der Waals surface area contributed by atoms with E-state index in [4.69, 9.17) is 18.9 Å². The van der Waals surface area contributed by atoms with E-state index in [1.54, 1.807) is 35.0 Å². The molecule has 0 bridgehead atoms. The van der Waals surface area contributed by atoms with Gasteiger partial charge in [-0.25, -0.2) is 0 Å². The van der Waals surface area contributed by atoms with Gasteiger partial charge in [-0.3, -0.25) is 9.59 Å². The molecule has 0 amide bonds. The van der Waals surface area contributed by atoms with Crippen molar-refractivity contribution in [2.24, 2.45) is 0 Å². The third-order valence-electron chi connectivity index (χ3n) is 7.90. The first kappa shape index (κ1) is 31.7. The molecule has 1 aliphatic rings. The van der Waals surface area contributed by atoms with Crippen LogP contribution in [0.3, 0.4) is 0 Å². The predicted molar refractivity (Wildman–Crippen MR) is 170 cm³/mol. The maximum atomic E-state index is 13.9. The summed E-state index contributed by atoms with van der Waals surface area (Å²) in [7, 11) is 0. The van der Waals surface area contributed by atoms with Crippen LogP contribution < -0.4 is 10.3 Å². The van der Waals surface area contributed by atoms with E-state index in [2.05, 4.69) is 6.07 Å². The van der Waals surface area contributed by atoms with Gasteiger partial charge in [0.2, 0.25) is 0 Å². The highest BCUT2D eigenvalue weighted by molar-refractivity contribution is 5.66. The van der Waals surface area contributed by atoms with E-state index < -0.39 is 23.7 Å². The second-order valence-electron chi connectivity index (χ2n) is 11.7. The van der Waals surface area contributed by atoms with Crippen LogP contribution in [0.1, 0.15) is 73.6 Å². The summed E-state index contributed by atoms with van der Waals surface area (Å²) in [6.45, 7) is 6.45. The number of pyridine rings is 1. The zero-order valence-corrected chi connectivity index (χ0v) is 25.8. The Morgan fingerprint density at radius 3 is 2.31 bits per heavy atom. The fourth-order valence-electron chi connectivity index (χ4n) is 5.70. The molecule has 8 nitrogen and oxygen atoms in total. The number of hydrogen-bond acceptors (Lipinski definition) is 7. The summed E-state index contributed by atoms with van der Waals surface area (Å²) < 4.78 is 25.9. The average Bonchev–Trinajstić information content (AvgIpc) is 3.03. The minimum Gasteiger partial charge on any atom is -0.484 e. The molecule has 1 aliphatic heterocycles. The molecule has 4 aromatic rings. The number of rotatable bonds is 12. The maximum Gasteiger partial charge on any atom is 0.303 e. The molecule has 5 rings (SSSR count). The molecule has 1 unspecified atom stereocenters. The molecule has 1 aromatic heterocycles. The van der Waals surface area contributed by atoms with Crippen LogP contribution in [0.25, 0.3) is 0 Å². The minimum absolute atomic E-state index is 0.283. The largest absolute Gasteiger partial charge is 0.484 e. The summed E-state index contributed by atoms with van der Waals surface area (Å²) in [6.07, 6.45) is 1.93. The summed E-state index contributed by atoms with van der Waals surface area (Å²) in [5.74, 6) is 0.0399. The fourth-order valence-corrected chi connectivity index (χ4v) is 5.70. The molecule has 3 atom stereocenters. The highest BCUT2D eigenvalue weighted by atomic mass is 16.6. The van der Waals surface area contributed by atoms with Crippen molar-refractivity contribution < 1.29 is 23.7 Å². The van der Waals surface area contributed by atoms with Crippen molar-refractivity contribution in [3.05, 3.63) is 135 Å². The van der Waals surface area contributed by atoms with Crippen LogP contribution in [0.15, 0.2) is 102 Å². The lowest BCUT2D eigenvalue weighted by Crippen LogP contribution is -2.54. The smallest absolute Gasteiger partial charge is 0.303 e. The molecule has 0 fully saturated rings. The lowest BCUT2D eigenvalue weighted by atomic mass is 9.85. The minimum atomic E-state index is -0.948. The Hall–Kier alpha value is -4.71. The first-order valence-electron chi connectivity index (χ1n) is 15.1. The molecule has 0 spiro atoms.